The van der Waals surface area contributed by atoms with Crippen molar-refractivity contribution in [1.82, 2.24) is 15.5 Å². The molecule has 25 heavy (non-hydrogen) atoms. The monoisotopic (exact) mass is 349 g/mol. The number of nitro groups is 1. The average Bonchev–Trinajstić information content (AvgIpc) is 2.59. The van der Waals surface area contributed by atoms with E-state index >= 15 is 0 Å². The molecule has 0 saturated carbocycles. The lowest BCUT2D eigenvalue weighted by molar-refractivity contribution is -0.384. The molecular weight excluding hydrogens is 322 g/mol. The molecule has 8 heteroatoms. The Balaban J connectivity index is 2.32. The SMILES string of the molecule is CCNC(=NCC(=O)N(C)C)NCCCCc1ccc([N+](=O)[O-])cc1. The van der Waals surface area contributed by atoms with E-state index in [1.54, 1.807) is 26.2 Å². The summed E-state index contributed by atoms with van der Waals surface area (Å²) in [5, 5.41) is 16.9. The smallest absolute Gasteiger partial charge is 0.269 e. The van der Waals surface area contributed by atoms with E-state index in [1.807, 2.05) is 6.92 Å². The minimum absolute atomic E-state index is 0.0459. The zero-order valence-corrected chi connectivity index (χ0v) is 15.1. The Bertz CT molecular complexity index is 584. The summed E-state index contributed by atoms with van der Waals surface area (Å²) in [6, 6.07) is 6.66. The largest absolute Gasteiger partial charge is 0.357 e. The van der Waals surface area contributed by atoms with Crippen molar-refractivity contribution in [3.63, 3.8) is 0 Å². The number of aryl methyl sites for hydroxylation is 1. The number of nitro benzene ring substituents is 1. The number of guanidine groups is 1. The van der Waals surface area contributed by atoms with Crippen molar-refractivity contribution in [2.75, 3.05) is 33.7 Å². The number of benzene rings is 1. The quantitative estimate of drug-likeness (QED) is 0.232. The van der Waals surface area contributed by atoms with E-state index in [-0.39, 0.29) is 18.1 Å². The molecule has 0 bridgehead atoms. The minimum atomic E-state index is -0.393. The van der Waals surface area contributed by atoms with Gasteiger partial charge < -0.3 is 15.5 Å². The molecule has 0 aliphatic rings. The van der Waals surface area contributed by atoms with Crippen LogP contribution in [0, 0.1) is 10.1 Å². The van der Waals surface area contributed by atoms with Crippen LogP contribution in [0.1, 0.15) is 25.3 Å². The molecule has 1 amide bonds. The number of carbonyl (C=O) groups is 1. The first kappa shape index (κ1) is 20.4. The third kappa shape index (κ3) is 8.14. The zero-order valence-electron chi connectivity index (χ0n) is 15.1. The summed E-state index contributed by atoms with van der Waals surface area (Å²) >= 11 is 0. The van der Waals surface area contributed by atoms with Gasteiger partial charge in [-0.25, -0.2) is 4.99 Å². The van der Waals surface area contributed by atoms with Crippen molar-refractivity contribution in [2.45, 2.75) is 26.2 Å². The summed E-state index contributed by atoms with van der Waals surface area (Å²) in [6.07, 6.45) is 2.76. The van der Waals surface area contributed by atoms with E-state index in [0.29, 0.717) is 5.96 Å². The number of non-ortho nitro benzene ring substituents is 1. The lowest BCUT2D eigenvalue weighted by atomic mass is 10.1. The highest BCUT2D eigenvalue weighted by molar-refractivity contribution is 5.84. The first-order valence-electron chi connectivity index (χ1n) is 8.39. The maximum atomic E-state index is 11.6. The van der Waals surface area contributed by atoms with Gasteiger partial charge in [0.25, 0.3) is 5.69 Å². The van der Waals surface area contributed by atoms with Gasteiger partial charge in [-0.2, -0.15) is 0 Å². The van der Waals surface area contributed by atoms with Crippen LogP contribution in [0.2, 0.25) is 0 Å². The molecule has 1 aromatic rings. The van der Waals surface area contributed by atoms with Gasteiger partial charge in [0.2, 0.25) is 5.91 Å². The number of carbonyl (C=O) groups excluding carboxylic acids is 1. The summed E-state index contributed by atoms with van der Waals surface area (Å²) in [5.74, 6) is 0.586. The lowest BCUT2D eigenvalue weighted by Crippen LogP contribution is -2.38. The molecule has 0 fully saturated rings. The molecule has 0 heterocycles. The van der Waals surface area contributed by atoms with Gasteiger partial charge in [-0.15, -0.1) is 0 Å². The van der Waals surface area contributed by atoms with E-state index in [9.17, 15) is 14.9 Å². The highest BCUT2D eigenvalue weighted by Gasteiger charge is 2.05. The van der Waals surface area contributed by atoms with Gasteiger partial charge in [0.1, 0.15) is 6.54 Å². The van der Waals surface area contributed by atoms with E-state index < -0.39 is 4.92 Å². The van der Waals surface area contributed by atoms with Gasteiger partial charge in [-0.1, -0.05) is 12.1 Å². The van der Waals surface area contributed by atoms with Gasteiger partial charge >= 0.3 is 0 Å². The number of hydrogen-bond donors (Lipinski definition) is 2. The van der Waals surface area contributed by atoms with Crippen LogP contribution in [0.25, 0.3) is 0 Å². The number of amides is 1. The third-order valence-corrected chi connectivity index (χ3v) is 3.55. The maximum absolute atomic E-state index is 11.6. The first-order valence-corrected chi connectivity index (χ1v) is 8.39. The Kier molecular flexibility index (Phi) is 8.99. The second-order valence-corrected chi connectivity index (χ2v) is 5.79. The van der Waals surface area contributed by atoms with Gasteiger partial charge in [0, 0.05) is 39.3 Å². The second-order valence-electron chi connectivity index (χ2n) is 5.79. The third-order valence-electron chi connectivity index (χ3n) is 3.55. The predicted octanol–water partition coefficient (Wildman–Crippen LogP) is 1.56. The van der Waals surface area contributed by atoms with Crippen LogP contribution in [0.5, 0.6) is 0 Å². The number of unbranched alkanes of at least 4 members (excludes halogenated alkanes) is 1. The summed E-state index contributed by atoms with van der Waals surface area (Å²) in [6.45, 7) is 3.56. The van der Waals surface area contributed by atoms with Gasteiger partial charge in [0.05, 0.1) is 4.92 Å². The Hall–Kier alpha value is -2.64. The van der Waals surface area contributed by atoms with Crippen LogP contribution in [0.4, 0.5) is 5.69 Å². The predicted molar refractivity (Wildman–Crippen MR) is 98.7 cm³/mol. The molecule has 0 aliphatic heterocycles. The molecule has 8 nitrogen and oxygen atoms in total. The zero-order chi connectivity index (χ0) is 18.7. The molecule has 0 unspecified atom stereocenters. The normalized spacial score (nSPS) is 11.1. The van der Waals surface area contributed by atoms with Crippen LogP contribution < -0.4 is 10.6 Å². The Morgan fingerprint density at radius 1 is 1.20 bits per heavy atom. The molecule has 0 aromatic heterocycles. The van der Waals surface area contributed by atoms with Gasteiger partial charge in [0.15, 0.2) is 5.96 Å². The molecule has 0 radical (unpaired) electrons. The number of nitrogens with zero attached hydrogens (tertiary/aromatic N) is 3. The number of rotatable bonds is 9. The van der Waals surface area contributed by atoms with Crippen molar-refractivity contribution in [2.24, 2.45) is 4.99 Å². The van der Waals surface area contributed by atoms with Gasteiger partial charge in [-0.3, -0.25) is 14.9 Å². The van der Waals surface area contributed by atoms with Crippen LogP contribution in [0.3, 0.4) is 0 Å². The fourth-order valence-corrected chi connectivity index (χ4v) is 2.08. The molecule has 0 spiro atoms. The fraction of sp³-hybridized carbons (Fsp3) is 0.529. The fourth-order valence-electron chi connectivity index (χ4n) is 2.08. The molecule has 0 saturated heterocycles. The lowest BCUT2D eigenvalue weighted by Gasteiger charge is -2.12. The van der Waals surface area contributed by atoms with Crippen molar-refractivity contribution >= 4 is 17.6 Å². The van der Waals surface area contributed by atoms with Crippen LogP contribution in [-0.4, -0.2) is 55.4 Å². The summed E-state index contributed by atoms with van der Waals surface area (Å²) in [5.41, 5.74) is 1.20. The Labute approximate surface area is 148 Å². The van der Waals surface area contributed by atoms with Crippen molar-refractivity contribution in [3.05, 3.63) is 39.9 Å². The standard InChI is InChI=1S/C17H27N5O3/c1-4-18-17(20-13-16(23)21(2)3)19-12-6-5-7-14-8-10-15(11-9-14)22(24)25/h8-11H,4-7,12-13H2,1-3H3,(H2,18,19,20). The van der Waals surface area contributed by atoms with E-state index in [2.05, 4.69) is 15.6 Å². The molecule has 0 atom stereocenters. The topological polar surface area (TPSA) is 99.9 Å². The Morgan fingerprint density at radius 3 is 2.44 bits per heavy atom. The average molecular weight is 349 g/mol. The summed E-state index contributed by atoms with van der Waals surface area (Å²) in [7, 11) is 3.41. The molecule has 0 aliphatic carbocycles. The molecule has 2 N–H and O–H groups in total. The van der Waals surface area contributed by atoms with Crippen molar-refractivity contribution in [3.8, 4) is 0 Å². The van der Waals surface area contributed by atoms with Crippen molar-refractivity contribution < 1.29 is 9.72 Å². The van der Waals surface area contributed by atoms with Crippen LogP contribution in [0.15, 0.2) is 29.3 Å². The van der Waals surface area contributed by atoms with Crippen LogP contribution in [-0.2, 0) is 11.2 Å². The number of hydrogen-bond acceptors (Lipinski definition) is 4. The summed E-state index contributed by atoms with van der Waals surface area (Å²) in [4.78, 5) is 27.6. The van der Waals surface area contributed by atoms with Gasteiger partial charge in [-0.05, 0) is 31.7 Å². The molecule has 138 valence electrons. The second kappa shape index (κ2) is 11.0. The highest BCUT2D eigenvalue weighted by Crippen LogP contribution is 2.13. The molecule has 1 aromatic carbocycles. The number of nitrogens with one attached hydrogen (secondary N) is 2. The number of likely N-dealkylation sites (N-methyl/N-ethyl adjacent to an activating group) is 1. The first-order chi connectivity index (χ1) is 11.9. The minimum Gasteiger partial charge on any atom is -0.357 e. The summed E-state index contributed by atoms with van der Waals surface area (Å²) < 4.78 is 0. The highest BCUT2D eigenvalue weighted by atomic mass is 16.6. The van der Waals surface area contributed by atoms with Crippen molar-refractivity contribution in [1.29, 1.82) is 0 Å². The molecule has 1 rings (SSSR count). The number of aliphatic imine (C=N–C) groups is 1. The van der Waals surface area contributed by atoms with E-state index in [4.69, 9.17) is 0 Å². The maximum Gasteiger partial charge on any atom is 0.269 e. The Morgan fingerprint density at radius 2 is 1.88 bits per heavy atom. The van der Waals surface area contributed by atoms with E-state index in [0.717, 1.165) is 37.9 Å². The van der Waals surface area contributed by atoms with E-state index in [1.165, 1.54) is 17.0 Å². The molecular formula is C17H27N5O3. The van der Waals surface area contributed by atoms with Crippen LogP contribution >= 0.6 is 0 Å².